The van der Waals surface area contributed by atoms with Crippen molar-refractivity contribution < 1.29 is 20.1 Å². The third kappa shape index (κ3) is 2.72. The Hall–Kier alpha value is -2.44. The first-order valence-electron chi connectivity index (χ1n) is 6.66. The Bertz CT molecular complexity index is 657. The standard InChI is InChI=1S/C15H14N2O4/c18-13-4-2-1-3-12(13)15-16-9-14(21-15)10-5-7-11(8-6-10)17(19)20/h1-8,14-16,18H,9H2/p+1/t14-,15-/m1/s1. The summed E-state index contributed by atoms with van der Waals surface area (Å²) in [5.41, 5.74) is 1.70. The van der Waals surface area contributed by atoms with Gasteiger partial charge in [0.1, 0.15) is 18.4 Å². The highest BCUT2D eigenvalue weighted by atomic mass is 16.6. The molecule has 0 radical (unpaired) electrons. The molecule has 3 N–H and O–H groups in total. The molecule has 2 aromatic carbocycles. The molecule has 0 unspecified atom stereocenters. The van der Waals surface area contributed by atoms with Crippen molar-refractivity contribution in [3.05, 3.63) is 69.8 Å². The van der Waals surface area contributed by atoms with Crippen LogP contribution < -0.4 is 5.32 Å². The number of benzene rings is 2. The van der Waals surface area contributed by atoms with Crippen LogP contribution in [-0.4, -0.2) is 16.6 Å². The molecule has 1 saturated heterocycles. The van der Waals surface area contributed by atoms with Crippen LogP contribution in [0.2, 0.25) is 0 Å². The minimum atomic E-state index is -0.420. The van der Waals surface area contributed by atoms with Gasteiger partial charge in [0.2, 0.25) is 6.23 Å². The van der Waals surface area contributed by atoms with Gasteiger partial charge in [-0.15, -0.1) is 0 Å². The molecule has 2 atom stereocenters. The number of phenolic OH excluding ortho intramolecular Hbond substituents is 1. The number of nitrogens with two attached hydrogens (primary N) is 1. The van der Waals surface area contributed by atoms with Gasteiger partial charge in [-0.1, -0.05) is 12.1 Å². The van der Waals surface area contributed by atoms with E-state index in [0.29, 0.717) is 6.54 Å². The summed E-state index contributed by atoms with van der Waals surface area (Å²) < 4.78 is 5.93. The number of nitro benzene ring substituents is 1. The first-order chi connectivity index (χ1) is 10.1. The molecule has 1 fully saturated rings. The van der Waals surface area contributed by atoms with Gasteiger partial charge in [0.25, 0.3) is 5.69 Å². The summed E-state index contributed by atoms with van der Waals surface area (Å²) in [7, 11) is 0. The van der Waals surface area contributed by atoms with Gasteiger partial charge in [0.05, 0.1) is 10.5 Å². The molecular weight excluding hydrogens is 272 g/mol. The smallest absolute Gasteiger partial charge is 0.269 e. The number of hydrogen-bond acceptors (Lipinski definition) is 4. The fraction of sp³-hybridized carbons (Fsp3) is 0.200. The van der Waals surface area contributed by atoms with Crippen LogP contribution in [0.5, 0.6) is 5.75 Å². The van der Waals surface area contributed by atoms with E-state index in [4.69, 9.17) is 4.74 Å². The van der Waals surface area contributed by atoms with Crippen molar-refractivity contribution in [2.45, 2.75) is 12.3 Å². The lowest BCUT2D eigenvalue weighted by Crippen LogP contribution is -2.82. The molecule has 2 aromatic rings. The third-order valence-electron chi connectivity index (χ3n) is 3.59. The second kappa shape index (κ2) is 5.51. The van der Waals surface area contributed by atoms with E-state index in [0.717, 1.165) is 11.1 Å². The molecule has 6 nitrogen and oxygen atoms in total. The maximum absolute atomic E-state index is 10.6. The quantitative estimate of drug-likeness (QED) is 0.663. The molecule has 0 spiro atoms. The molecule has 0 bridgehead atoms. The summed E-state index contributed by atoms with van der Waals surface area (Å²) >= 11 is 0. The minimum Gasteiger partial charge on any atom is -0.507 e. The van der Waals surface area contributed by atoms with Gasteiger partial charge < -0.3 is 15.2 Å². The maximum atomic E-state index is 10.6. The fourth-order valence-corrected chi connectivity index (χ4v) is 2.49. The highest BCUT2D eigenvalue weighted by Crippen LogP contribution is 2.30. The summed E-state index contributed by atoms with van der Waals surface area (Å²) in [4.78, 5) is 10.2. The Morgan fingerprint density at radius 1 is 1.19 bits per heavy atom. The average molecular weight is 287 g/mol. The number of phenols is 1. The number of nitrogens with zero attached hydrogens (tertiary/aromatic N) is 1. The Balaban J connectivity index is 1.75. The molecule has 0 aromatic heterocycles. The van der Waals surface area contributed by atoms with Crippen molar-refractivity contribution in [3.63, 3.8) is 0 Å². The monoisotopic (exact) mass is 287 g/mol. The van der Waals surface area contributed by atoms with Gasteiger partial charge in [0.15, 0.2) is 0 Å². The van der Waals surface area contributed by atoms with E-state index in [1.807, 2.05) is 17.4 Å². The number of nitro groups is 1. The molecule has 0 saturated carbocycles. The largest absolute Gasteiger partial charge is 0.507 e. The van der Waals surface area contributed by atoms with Crippen LogP contribution >= 0.6 is 0 Å². The summed E-state index contributed by atoms with van der Waals surface area (Å²) in [6.45, 7) is 0.705. The molecule has 1 aliphatic heterocycles. The maximum Gasteiger partial charge on any atom is 0.269 e. The normalized spacial score (nSPS) is 21.3. The number of para-hydroxylation sites is 1. The molecule has 1 heterocycles. The number of hydrogen-bond donors (Lipinski definition) is 2. The Morgan fingerprint density at radius 3 is 2.57 bits per heavy atom. The van der Waals surface area contributed by atoms with E-state index in [1.54, 1.807) is 24.3 Å². The Kier molecular flexibility index (Phi) is 3.55. The lowest BCUT2D eigenvalue weighted by Gasteiger charge is -2.10. The number of quaternary nitrogens is 1. The predicted octanol–water partition coefficient (Wildman–Crippen LogP) is 1.63. The first kappa shape index (κ1) is 13.5. The predicted molar refractivity (Wildman–Crippen MR) is 74.6 cm³/mol. The summed E-state index contributed by atoms with van der Waals surface area (Å²) in [5, 5.41) is 22.5. The molecular formula is C15H15N2O4+. The van der Waals surface area contributed by atoms with Crippen molar-refractivity contribution in [1.29, 1.82) is 0 Å². The molecule has 21 heavy (non-hydrogen) atoms. The second-order valence-corrected chi connectivity index (χ2v) is 4.92. The summed E-state index contributed by atoms with van der Waals surface area (Å²) in [5.74, 6) is 0.211. The highest BCUT2D eigenvalue weighted by Gasteiger charge is 2.32. The van der Waals surface area contributed by atoms with Crippen LogP contribution in [0.1, 0.15) is 23.5 Å². The van der Waals surface area contributed by atoms with E-state index < -0.39 is 4.92 Å². The van der Waals surface area contributed by atoms with E-state index in [1.165, 1.54) is 12.1 Å². The van der Waals surface area contributed by atoms with Gasteiger partial charge in [-0.3, -0.25) is 10.1 Å². The van der Waals surface area contributed by atoms with Crippen molar-refractivity contribution >= 4 is 5.69 Å². The van der Waals surface area contributed by atoms with Crippen molar-refractivity contribution in [3.8, 4) is 5.75 Å². The molecule has 6 heteroatoms. The zero-order valence-electron chi connectivity index (χ0n) is 11.2. The van der Waals surface area contributed by atoms with E-state index in [9.17, 15) is 15.2 Å². The van der Waals surface area contributed by atoms with Crippen LogP contribution in [0.3, 0.4) is 0 Å². The van der Waals surface area contributed by atoms with Crippen molar-refractivity contribution in [2.24, 2.45) is 0 Å². The molecule has 0 amide bonds. The SMILES string of the molecule is O=[N+]([O-])c1ccc([C@H]2C[NH2+][C@@H](c3ccccc3O)O2)cc1. The number of aromatic hydroxyl groups is 1. The molecule has 1 aliphatic rings. The van der Waals surface area contributed by atoms with Crippen LogP contribution in [-0.2, 0) is 4.74 Å². The number of rotatable bonds is 3. The van der Waals surface area contributed by atoms with Crippen LogP contribution in [0, 0.1) is 10.1 Å². The second-order valence-electron chi connectivity index (χ2n) is 4.92. The van der Waals surface area contributed by atoms with Gasteiger partial charge in [-0.2, -0.15) is 0 Å². The third-order valence-corrected chi connectivity index (χ3v) is 3.59. The fourth-order valence-electron chi connectivity index (χ4n) is 2.49. The Labute approximate surface area is 121 Å². The Morgan fingerprint density at radius 2 is 1.90 bits per heavy atom. The molecule has 0 aliphatic carbocycles. The number of ether oxygens (including phenoxy) is 1. The van der Waals surface area contributed by atoms with Gasteiger partial charge in [0, 0.05) is 12.1 Å². The van der Waals surface area contributed by atoms with E-state index >= 15 is 0 Å². The topological polar surface area (TPSA) is 89.2 Å². The zero-order chi connectivity index (χ0) is 14.8. The minimum absolute atomic E-state index is 0.0676. The van der Waals surface area contributed by atoms with E-state index in [-0.39, 0.29) is 23.8 Å². The van der Waals surface area contributed by atoms with Crippen LogP contribution in [0.4, 0.5) is 5.69 Å². The zero-order valence-corrected chi connectivity index (χ0v) is 11.2. The van der Waals surface area contributed by atoms with Crippen molar-refractivity contribution in [1.82, 2.24) is 0 Å². The van der Waals surface area contributed by atoms with Crippen LogP contribution in [0.15, 0.2) is 48.5 Å². The first-order valence-corrected chi connectivity index (χ1v) is 6.66. The van der Waals surface area contributed by atoms with Crippen LogP contribution in [0.25, 0.3) is 0 Å². The highest BCUT2D eigenvalue weighted by molar-refractivity contribution is 5.35. The lowest BCUT2D eigenvalue weighted by atomic mass is 10.1. The number of non-ortho nitro benzene ring substituents is 1. The summed E-state index contributed by atoms with van der Waals surface area (Å²) in [6.07, 6.45) is -0.401. The van der Waals surface area contributed by atoms with Gasteiger partial charge in [-0.25, -0.2) is 0 Å². The molecule has 108 valence electrons. The summed E-state index contributed by atoms with van der Waals surface area (Å²) in [6, 6.07) is 13.5. The average Bonchev–Trinajstić information content (AvgIpc) is 2.97. The lowest BCUT2D eigenvalue weighted by molar-refractivity contribution is -0.698. The van der Waals surface area contributed by atoms with Crippen molar-refractivity contribution in [2.75, 3.05) is 6.54 Å². The van der Waals surface area contributed by atoms with E-state index in [2.05, 4.69) is 0 Å². The molecule has 3 rings (SSSR count). The van der Waals surface area contributed by atoms with Gasteiger partial charge in [-0.05, 0) is 29.8 Å². The van der Waals surface area contributed by atoms with Gasteiger partial charge >= 0.3 is 0 Å².